The fraction of sp³-hybridized carbons (Fsp3) is 0.167. The average molecular weight is 386 g/mol. The van der Waals surface area contributed by atoms with Gasteiger partial charge < -0.3 is 14.4 Å². The molecule has 5 heteroatoms. The van der Waals surface area contributed by atoms with Gasteiger partial charge >= 0.3 is 0 Å². The maximum Gasteiger partial charge on any atom is 0.277 e. The summed E-state index contributed by atoms with van der Waals surface area (Å²) in [5.74, 6) is 1.18. The third-order valence-electron chi connectivity index (χ3n) is 4.59. The fourth-order valence-electron chi connectivity index (χ4n) is 3.16. The van der Waals surface area contributed by atoms with Crippen LogP contribution in [-0.2, 0) is 0 Å². The summed E-state index contributed by atoms with van der Waals surface area (Å²) in [6.07, 6.45) is 3.97. The normalized spacial score (nSPS) is 12.7. The summed E-state index contributed by atoms with van der Waals surface area (Å²) in [4.78, 5) is 19.4. The predicted octanol–water partition coefficient (Wildman–Crippen LogP) is 4.52. The van der Waals surface area contributed by atoms with Crippen molar-refractivity contribution in [2.24, 2.45) is 0 Å². The number of anilines is 1. The maximum absolute atomic E-state index is 13.3. The minimum absolute atomic E-state index is 0.164. The first kappa shape index (κ1) is 18.7. The number of carbonyl (C=O) groups is 1. The van der Waals surface area contributed by atoms with Crippen LogP contribution in [0.15, 0.2) is 72.8 Å². The summed E-state index contributed by atoms with van der Waals surface area (Å²) in [5.41, 5.74) is 3.03. The van der Waals surface area contributed by atoms with Crippen LogP contribution < -0.4 is 14.4 Å². The van der Waals surface area contributed by atoms with Crippen LogP contribution in [0.1, 0.15) is 21.7 Å². The van der Waals surface area contributed by atoms with Gasteiger partial charge in [0.15, 0.2) is 11.5 Å². The largest absolute Gasteiger partial charge is 0.486 e. The lowest BCUT2D eigenvalue weighted by atomic mass is 10.2. The SMILES string of the molecule is Cc1cccc(C(=O)N(C/C=C/c2ccccc2)c2ccc3c(c2)OCCO3)n1. The van der Waals surface area contributed by atoms with E-state index < -0.39 is 0 Å². The molecular weight excluding hydrogens is 364 g/mol. The zero-order chi connectivity index (χ0) is 20.1. The topological polar surface area (TPSA) is 51.7 Å². The van der Waals surface area contributed by atoms with Gasteiger partial charge in [0.05, 0.1) is 0 Å². The van der Waals surface area contributed by atoms with E-state index in [9.17, 15) is 4.79 Å². The lowest BCUT2D eigenvalue weighted by molar-refractivity contribution is 0.0984. The number of nitrogens with zero attached hydrogens (tertiary/aromatic N) is 2. The van der Waals surface area contributed by atoms with E-state index in [-0.39, 0.29) is 5.91 Å². The van der Waals surface area contributed by atoms with Crippen molar-refractivity contribution in [3.8, 4) is 11.5 Å². The van der Waals surface area contributed by atoms with Crippen LogP contribution in [0, 0.1) is 6.92 Å². The number of amides is 1. The van der Waals surface area contributed by atoms with Gasteiger partial charge in [-0.05, 0) is 36.8 Å². The van der Waals surface area contributed by atoms with E-state index in [2.05, 4.69) is 4.98 Å². The minimum atomic E-state index is -0.164. The molecule has 2 heterocycles. The Hall–Kier alpha value is -3.60. The van der Waals surface area contributed by atoms with Gasteiger partial charge in [-0.2, -0.15) is 0 Å². The van der Waals surface area contributed by atoms with Gasteiger partial charge in [0.25, 0.3) is 5.91 Å². The van der Waals surface area contributed by atoms with Gasteiger partial charge in [0, 0.05) is 24.0 Å². The smallest absolute Gasteiger partial charge is 0.277 e. The second kappa shape index (κ2) is 8.61. The van der Waals surface area contributed by atoms with E-state index in [1.807, 2.05) is 79.7 Å². The second-order valence-electron chi connectivity index (χ2n) is 6.72. The molecule has 1 amide bonds. The van der Waals surface area contributed by atoms with Crippen molar-refractivity contribution in [1.82, 2.24) is 4.98 Å². The number of hydrogen-bond acceptors (Lipinski definition) is 4. The molecule has 2 aromatic carbocycles. The molecule has 1 aliphatic heterocycles. The van der Waals surface area contributed by atoms with Gasteiger partial charge in [-0.15, -0.1) is 0 Å². The molecule has 0 aliphatic carbocycles. The molecule has 0 atom stereocenters. The first-order chi connectivity index (χ1) is 14.2. The van der Waals surface area contributed by atoms with E-state index in [0.29, 0.717) is 37.0 Å². The molecule has 0 saturated heterocycles. The van der Waals surface area contributed by atoms with E-state index in [4.69, 9.17) is 9.47 Å². The van der Waals surface area contributed by atoms with Crippen molar-refractivity contribution in [1.29, 1.82) is 0 Å². The summed E-state index contributed by atoms with van der Waals surface area (Å²) in [7, 11) is 0. The molecule has 5 nitrogen and oxygen atoms in total. The molecule has 29 heavy (non-hydrogen) atoms. The van der Waals surface area contributed by atoms with Gasteiger partial charge in [-0.25, -0.2) is 4.98 Å². The molecule has 3 aromatic rings. The second-order valence-corrected chi connectivity index (χ2v) is 6.72. The minimum Gasteiger partial charge on any atom is -0.486 e. The third-order valence-corrected chi connectivity index (χ3v) is 4.59. The maximum atomic E-state index is 13.3. The number of fused-ring (bicyclic) bond motifs is 1. The van der Waals surface area contributed by atoms with E-state index in [1.165, 1.54) is 0 Å². The molecule has 0 N–H and O–H groups in total. The number of rotatable bonds is 5. The molecule has 4 rings (SSSR count). The predicted molar refractivity (Wildman–Crippen MR) is 114 cm³/mol. The summed E-state index contributed by atoms with van der Waals surface area (Å²) in [6, 6.07) is 21.0. The van der Waals surface area contributed by atoms with Gasteiger partial charge in [0.1, 0.15) is 18.9 Å². The van der Waals surface area contributed by atoms with Crippen LogP contribution in [0.2, 0.25) is 0 Å². The molecule has 0 fully saturated rings. The molecule has 1 aromatic heterocycles. The molecule has 1 aliphatic rings. The number of benzene rings is 2. The van der Waals surface area contributed by atoms with Crippen molar-refractivity contribution in [3.05, 3.63) is 89.8 Å². The van der Waals surface area contributed by atoms with E-state index in [1.54, 1.807) is 11.0 Å². The van der Waals surface area contributed by atoms with Crippen LogP contribution in [0.5, 0.6) is 11.5 Å². The highest BCUT2D eigenvalue weighted by Gasteiger charge is 2.21. The molecule has 0 spiro atoms. The highest BCUT2D eigenvalue weighted by molar-refractivity contribution is 6.05. The van der Waals surface area contributed by atoms with Gasteiger partial charge in [0.2, 0.25) is 0 Å². The van der Waals surface area contributed by atoms with Crippen LogP contribution in [0.3, 0.4) is 0 Å². The van der Waals surface area contributed by atoms with Crippen molar-refractivity contribution in [3.63, 3.8) is 0 Å². The Labute approximate surface area is 170 Å². The number of pyridine rings is 1. The molecule has 0 bridgehead atoms. The summed E-state index contributed by atoms with van der Waals surface area (Å²) in [5, 5.41) is 0. The number of carbonyl (C=O) groups excluding carboxylic acids is 1. The molecule has 0 saturated carbocycles. The van der Waals surface area contributed by atoms with Crippen molar-refractivity contribution < 1.29 is 14.3 Å². The number of aromatic nitrogens is 1. The molecule has 0 unspecified atom stereocenters. The van der Waals surface area contributed by atoms with Crippen molar-refractivity contribution in [2.45, 2.75) is 6.92 Å². The Kier molecular flexibility index (Phi) is 5.56. The Bertz CT molecular complexity index is 1030. The molecular formula is C24H22N2O3. The number of ether oxygens (including phenoxy) is 2. The summed E-state index contributed by atoms with van der Waals surface area (Å²) in [6.45, 7) is 3.31. The average Bonchev–Trinajstić information content (AvgIpc) is 2.77. The first-order valence-corrected chi connectivity index (χ1v) is 9.57. The Balaban J connectivity index is 1.65. The standard InChI is InChI=1S/C24H22N2O3/c1-18-7-5-11-21(25-18)24(27)26(14-6-10-19-8-3-2-4-9-19)20-12-13-22-23(17-20)29-16-15-28-22/h2-13,17H,14-16H2,1H3/b10-6+. The summed E-state index contributed by atoms with van der Waals surface area (Å²) >= 11 is 0. The Morgan fingerprint density at radius 1 is 1.00 bits per heavy atom. The van der Waals surface area contributed by atoms with E-state index >= 15 is 0 Å². The molecule has 146 valence electrons. The van der Waals surface area contributed by atoms with Crippen molar-refractivity contribution in [2.75, 3.05) is 24.7 Å². The Morgan fingerprint density at radius 2 is 1.79 bits per heavy atom. The van der Waals surface area contributed by atoms with Gasteiger partial charge in [-0.1, -0.05) is 48.6 Å². The van der Waals surface area contributed by atoms with E-state index in [0.717, 1.165) is 16.9 Å². The first-order valence-electron chi connectivity index (χ1n) is 9.57. The summed E-state index contributed by atoms with van der Waals surface area (Å²) < 4.78 is 11.3. The lowest BCUT2D eigenvalue weighted by Gasteiger charge is -2.24. The highest BCUT2D eigenvalue weighted by atomic mass is 16.6. The van der Waals surface area contributed by atoms with Crippen LogP contribution in [0.4, 0.5) is 5.69 Å². The number of hydrogen-bond donors (Lipinski definition) is 0. The van der Waals surface area contributed by atoms with Gasteiger partial charge in [-0.3, -0.25) is 4.79 Å². The van der Waals surface area contributed by atoms with Crippen LogP contribution in [-0.4, -0.2) is 30.6 Å². The zero-order valence-corrected chi connectivity index (χ0v) is 16.2. The lowest BCUT2D eigenvalue weighted by Crippen LogP contribution is -2.32. The number of aryl methyl sites for hydroxylation is 1. The fourth-order valence-corrected chi connectivity index (χ4v) is 3.16. The third kappa shape index (κ3) is 4.46. The molecule has 0 radical (unpaired) electrons. The highest BCUT2D eigenvalue weighted by Crippen LogP contribution is 2.34. The quantitative estimate of drug-likeness (QED) is 0.647. The monoisotopic (exact) mass is 386 g/mol. The van der Waals surface area contributed by atoms with Crippen molar-refractivity contribution >= 4 is 17.7 Å². The Morgan fingerprint density at radius 3 is 2.59 bits per heavy atom. The van der Waals surface area contributed by atoms with Crippen LogP contribution >= 0.6 is 0 Å². The zero-order valence-electron chi connectivity index (χ0n) is 16.2. The van der Waals surface area contributed by atoms with Crippen LogP contribution in [0.25, 0.3) is 6.08 Å².